The van der Waals surface area contributed by atoms with Crippen LogP contribution in [0.4, 0.5) is 0 Å². The Morgan fingerprint density at radius 3 is 0.990 bits per heavy atom. The zero-order chi connectivity index (χ0) is 70.2. The average Bonchev–Trinajstić information content (AvgIpc) is 0.888. The molecule has 6 heterocycles. The summed E-state index contributed by atoms with van der Waals surface area (Å²) in [5.74, 6) is 0. The molecule has 0 saturated carbocycles. The van der Waals surface area contributed by atoms with E-state index in [1.807, 2.05) is 0 Å². The minimum Gasteiger partial charge on any atom is -0.201 e. The van der Waals surface area contributed by atoms with Crippen LogP contribution in [0.25, 0.3) is 67.5 Å². The molecule has 0 unspecified atom stereocenters. The minimum absolute atomic E-state index is 1.27. The maximum absolute atomic E-state index is 2.28. The number of rotatable bonds is 6. The first kappa shape index (κ1) is 73.6. The van der Waals surface area contributed by atoms with Gasteiger partial charge in [0.15, 0.2) is 37.2 Å². The van der Waals surface area contributed by atoms with Crippen molar-refractivity contribution in [3.05, 3.63) is 319 Å². The van der Waals surface area contributed by atoms with Gasteiger partial charge in [-0.3, -0.25) is 0 Å². The smallest absolute Gasteiger partial charge is 0.201 e. The summed E-state index contributed by atoms with van der Waals surface area (Å²) in [4.78, 5) is 0. The van der Waals surface area contributed by atoms with Crippen LogP contribution in [0.2, 0.25) is 0 Å². The lowest BCUT2D eigenvalue weighted by molar-refractivity contribution is -0.661. The van der Waals surface area contributed by atoms with Crippen LogP contribution in [0.3, 0.4) is 0 Å². The number of aryl methyl sites for hydroxylation is 21. The number of hydrogen-bond acceptors (Lipinski definition) is 0. The van der Waals surface area contributed by atoms with E-state index < -0.39 is 0 Å². The monoisotopic (exact) mass is 1270 g/mol. The Hall–Kier alpha value is -9.78. The van der Waals surface area contributed by atoms with Gasteiger partial charge in [0.05, 0.1) is 16.7 Å². The molecule has 0 atom stereocenters. The van der Waals surface area contributed by atoms with Gasteiger partial charge in [-0.15, -0.1) is 0 Å². The summed E-state index contributed by atoms with van der Waals surface area (Å²) in [6.07, 6.45) is 12.7. The van der Waals surface area contributed by atoms with Crippen molar-refractivity contribution in [1.82, 2.24) is 0 Å². The van der Waals surface area contributed by atoms with Crippen molar-refractivity contribution in [1.29, 1.82) is 0 Å². The Morgan fingerprint density at radius 1 is 0.198 bits per heavy atom. The molecule has 0 saturated heterocycles. The van der Waals surface area contributed by atoms with Gasteiger partial charge in [0.2, 0.25) is 34.2 Å². The van der Waals surface area contributed by atoms with Crippen LogP contribution in [0.5, 0.6) is 0 Å². The Morgan fingerprint density at radius 2 is 0.562 bits per heavy atom. The molecule has 0 aliphatic heterocycles. The predicted molar refractivity (Wildman–Crippen MR) is 404 cm³/mol. The fraction of sp³-hybridized carbons (Fsp3) is 0.267. The molecular formula is C90H108N6+6. The zero-order valence-corrected chi connectivity index (χ0v) is 62.5. The topological polar surface area (TPSA) is 23.3 Å². The second-order valence-electron chi connectivity index (χ2n) is 26.6. The zero-order valence-electron chi connectivity index (χ0n) is 62.5. The maximum Gasteiger partial charge on any atom is 0.215 e. The first-order valence-electron chi connectivity index (χ1n) is 33.8. The van der Waals surface area contributed by atoms with Gasteiger partial charge in [0, 0.05) is 88.0 Å². The molecular weight excluding hydrogens is 1170 g/mol. The van der Waals surface area contributed by atoms with E-state index in [-0.39, 0.29) is 0 Å². The van der Waals surface area contributed by atoms with Crippen molar-refractivity contribution >= 4 is 0 Å². The van der Waals surface area contributed by atoms with Crippen molar-refractivity contribution in [3.8, 4) is 67.5 Å². The highest BCUT2D eigenvalue weighted by Crippen LogP contribution is 2.31. The molecule has 0 aliphatic rings. The number of aromatic nitrogens is 6. The summed E-state index contributed by atoms with van der Waals surface area (Å²) in [6.45, 7) is 39.1. The highest BCUT2D eigenvalue weighted by Gasteiger charge is 2.21. The summed E-state index contributed by atoms with van der Waals surface area (Å²) < 4.78 is 13.1. The summed E-state index contributed by atoms with van der Waals surface area (Å²) in [5.41, 5.74) is 40.0. The lowest BCUT2D eigenvalue weighted by Crippen LogP contribution is -2.32. The molecule has 492 valence electrons. The van der Waals surface area contributed by atoms with Crippen molar-refractivity contribution in [2.45, 2.75) is 125 Å². The summed E-state index contributed by atoms with van der Waals surface area (Å²) in [6, 6.07) is 64.6. The Labute approximate surface area is 577 Å². The van der Waals surface area contributed by atoms with Crippen LogP contribution < -0.4 is 27.4 Å². The largest absolute Gasteiger partial charge is 0.215 e. The third-order valence-electron chi connectivity index (χ3n) is 18.9. The van der Waals surface area contributed by atoms with Crippen LogP contribution >= 0.6 is 0 Å². The molecule has 0 radical (unpaired) electrons. The van der Waals surface area contributed by atoms with E-state index in [2.05, 4.69) is 413 Å². The van der Waals surface area contributed by atoms with E-state index in [1.165, 1.54) is 168 Å². The van der Waals surface area contributed by atoms with Crippen LogP contribution in [0, 0.1) is 125 Å². The van der Waals surface area contributed by atoms with E-state index in [0.717, 1.165) is 0 Å². The first-order chi connectivity index (χ1) is 45.6. The fourth-order valence-electron chi connectivity index (χ4n) is 13.1. The van der Waals surface area contributed by atoms with Gasteiger partial charge < -0.3 is 0 Å². The SMILES string of the molecule is Cc1cc(C)c(-c2cccc[n+]2C)c(C)c1.Cc1cc(C)c(-c2cccc[n+]2C)cc1C.Cc1cc(C)c(-c2ccccc2C)[n+](C)c1.Cc1ccc(C)c(-c2cccc[n+]2C)c1C.Cc1ccc(C)c(-c2cccc[n+]2C)c1C.Cc1ccccc1-c1c(C)c(C)cc[n+]1C. The molecule has 6 heteroatoms. The van der Waals surface area contributed by atoms with Crippen molar-refractivity contribution in [3.63, 3.8) is 0 Å². The molecule has 12 aromatic rings. The molecule has 0 amide bonds. The molecule has 6 aromatic heterocycles. The van der Waals surface area contributed by atoms with E-state index in [0.29, 0.717) is 0 Å². The number of benzene rings is 6. The lowest BCUT2D eigenvalue weighted by atomic mass is 9.95. The second-order valence-corrected chi connectivity index (χ2v) is 26.6. The standard InChI is InChI=1S/6C15H18N/c2*1-11-8-9-12(2)15(13(11)3)14-7-5-6-10-16(14)4;1-11-9-13(3)14(10-12(11)2)15-7-5-6-8-16(15)4;1-11-9-12(2)15(13(3)10-11)14-7-5-6-8-16(14)4;1-11-9-13(3)15(16(4)10-11)14-8-6-5-7-12(14)2;1-11-9-10-16(4)15(13(11)3)14-8-6-5-7-12(14)2/h6*5-10H,1-4H3/q6*+1. The van der Waals surface area contributed by atoms with Gasteiger partial charge in [-0.2, -0.15) is 0 Å². The highest BCUT2D eigenvalue weighted by atomic mass is 14.9. The molecule has 0 N–H and O–H groups in total. The Bertz CT molecular complexity index is 4320. The van der Waals surface area contributed by atoms with Crippen molar-refractivity contribution < 1.29 is 27.4 Å². The minimum atomic E-state index is 1.27. The lowest BCUT2D eigenvalue weighted by Gasteiger charge is -2.10. The van der Waals surface area contributed by atoms with Crippen molar-refractivity contribution in [2.24, 2.45) is 42.3 Å². The average molecular weight is 1270 g/mol. The molecule has 0 fully saturated rings. The second kappa shape index (κ2) is 33.6. The molecule has 12 rings (SSSR count). The van der Waals surface area contributed by atoms with E-state index in [4.69, 9.17) is 0 Å². The van der Waals surface area contributed by atoms with Gasteiger partial charge in [0.1, 0.15) is 42.3 Å². The van der Waals surface area contributed by atoms with Gasteiger partial charge in [-0.05, 0) is 251 Å². The van der Waals surface area contributed by atoms with Crippen LogP contribution in [-0.2, 0) is 42.3 Å². The Kier molecular flexibility index (Phi) is 25.7. The van der Waals surface area contributed by atoms with E-state index in [1.54, 1.807) is 0 Å². The Balaban J connectivity index is 0.000000163. The fourth-order valence-corrected chi connectivity index (χ4v) is 13.1. The normalized spacial score (nSPS) is 10.5. The van der Waals surface area contributed by atoms with Crippen LogP contribution in [-0.4, -0.2) is 0 Å². The van der Waals surface area contributed by atoms with Gasteiger partial charge in [-0.25, -0.2) is 27.4 Å². The quantitative estimate of drug-likeness (QED) is 0.148. The molecule has 0 bridgehead atoms. The molecule has 0 spiro atoms. The summed E-state index contributed by atoms with van der Waals surface area (Å²) >= 11 is 0. The summed E-state index contributed by atoms with van der Waals surface area (Å²) in [7, 11) is 12.6. The first-order valence-corrected chi connectivity index (χ1v) is 33.8. The van der Waals surface area contributed by atoms with Crippen LogP contribution in [0.15, 0.2) is 219 Å². The van der Waals surface area contributed by atoms with Gasteiger partial charge in [-0.1, -0.05) is 84.4 Å². The highest BCUT2D eigenvalue weighted by molar-refractivity contribution is 5.70. The molecule has 0 aliphatic carbocycles. The molecule has 96 heavy (non-hydrogen) atoms. The third kappa shape index (κ3) is 18.2. The van der Waals surface area contributed by atoms with Crippen molar-refractivity contribution in [2.75, 3.05) is 0 Å². The number of pyridine rings is 6. The van der Waals surface area contributed by atoms with Gasteiger partial charge >= 0.3 is 0 Å². The molecule has 6 aromatic carbocycles. The van der Waals surface area contributed by atoms with E-state index in [9.17, 15) is 0 Å². The number of nitrogens with zero attached hydrogens (tertiary/aromatic N) is 6. The summed E-state index contributed by atoms with van der Waals surface area (Å²) in [5, 5.41) is 0. The van der Waals surface area contributed by atoms with Gasteiger partial charge in [0.25, 0.3) is 0 Å². The van der Waals surface area contributed by atoms with Crippen LogP contribution in [0.1, 0.15) is 100 Å². The van der Waals surface area contributed by atoms with E-state index >= 15 is 0 Å². The molecule has 6 nitrogen and oxygen atoms in total. The third-order valence-corrected chi connectivity index (χ3v) is 18.9. The maximum atomic E-state index is 2.28. The number of hydrogen-bond donors (Lipinski definition) is 0. The predicted octanol–water partition coefficient (Wildman–Crippen LogP) is 18.6.